The van der Waals surface area contributed by atoms with E-state index in [9.17, 15) is 0 Å². The average Bonchev–Trinajstić information content (AvgIpc) is 2.80. The van der Waals surface area contributed by atoms with Crippen LogP contribution in [0.25, 0.3) is 44.2 Å². The standard InChI is InChI=1S/C27H18BrN/c28-23-11-9-20(10-12-23)24-13-14-25(27-18-29-16-15-26(24)27)22-8-4-7-21(17-22)19-5-2-1-3-6-19/h1-18H. The Bertz CT molecular complexity index is 1290. The minimum atomic E-state index is 1.08. The quantitative estimate of drug-likeness (QED) is 0.279. The van der Waals surface area contributed by atoms with Gasteiger partial charge < -0.3 is 0 Å². The maximum absolute atomic E-state index is 4.42. The zero-order valence-corrected chi connectivity index (χ0v) is 17.3. The summed E-state index contributed by atoms with van der Waals surface area (Å²) in [5.41, 5.74) is 7.27. The van der Waals surface area contributed by atoms with Crippen LogP contribution in [0.4, 0.5) is 0 Å². The molecule has 0 aliphatic heterocycles. The summed E-state index contributed by atoms with van der Waals surface area (Å²) in [6, 6.07) is 34.2. The predicted molar refractivity (Wildman–Crippen MR) is 126 cm³/mol. The van der Waals surface area contributed by atoms with Gasteiger partial charge in [0.15, 0.2) is 0 Å². The van der Waals surface area contributed by atoms with Gasteiger partial charge in [-0.1, -0.05) is 88.7 Å². The minimum Gasteiger partial charge on any atom is -0.264 e. The van der Waals surface area contributed by atoms with Gasteiger partial charge in [-0.3, -0.25) is 4.98 Å². The molecule has 1 aromatic heterocycles. The van der Waals surface area contributed by atoms with Crippen LogP contribution in [0.2, 0.25) is 0 Å². The van der Waals surface area contributed by atoms with Crippen molar-refractivity contribution in [2.75, 3.05) is 0 Å². The lowest BCUT2D eigenvalue weighted by molar-refractivity contribution is 1.36. The highest BCUT2D eigenvalue weighted by atomic mass is 79.9. The van der Waals surface area contributed by atoms with Gasteiger partial charge in [0.25, 0.3) is 0 Å². The molecule has 0 unspecified atom stereocenters. The first-order valence-corrected chi connectivity index (χ1v) is 10.4. The third-order valence-corrected chi connectivity index (χ3v) is 5.78. The number of fused-ring (bicyclic) bond motifs is 1. The SMILES string of the molecule is Brc1ccc(-c2ccc(-c3cccc(-c4ccccc4)c3)c3cnccc23)cc1. The summed E-state index contributed by atoms with van der Waals surface area (Å²) in [5.74, 6) is 0. The van der Waals surface area contributed by atoms with Crippen LogP contribution in [0.15, 0.2) is 114 Å². The largest absolute Gasteiger partial charge is 0.264 e. The highest BCUT2D eigenvalue weighted by Gasteiger charge is 2.10. The van der Waals surface area contributed by atoms with E-state index in [0.717, 1.165) is 9.86 Å². The van der Waals surface area contributed by atoms with Crippen LogP contribution in [0.5, 0.6) is 0 Å². The van der Waals surface area contributed by atoms with Crippen LogP contribution >= 0.6 is 15.9 Å². The van der Waals surface area contributed by atoms with Crippen molar-refractivity contribution >= 4 is 26.7 Å². The molecule has 2 heteroatoms. The highest BCUT2D eigenvalue weighted by Crippen LogP contribution is 2.36. The van der Waals surface area contributed by atoms with Crippen LogP contribution in [-0.4, -0.2) is 4.98 Å². The van der Waals surface area contributed by atoms with Crippen LogP contribution < -0.4 is 0 Å². The zero-order valence-electron chi connectivity index (χ0n) is 15.7. The number of halogens is 1. The molecular formula is C27H18BrN. The summed E-state index contributed by atoms with van der Waals surface area (Å²) in [6.45, 7) is 0. The number of hydrogen-bond acceptors (Lipinski definition) is 1. The number of rotatable bonds is 3. The maximum atomic E-state index is 4.42. The van der Waals surface area contributed by atoms with Crippen LogP contribution in [0, 0.1) is 0 Å². The molecule has 0 atom stereocenters. The molecule has 0 amide bonds. The molecule has 1 heterocycles. The van der Waals surface area contributed by atoms with Gasteiger partial charge in [0.05, 0.1) is 0 Å². The van der Waals surface area contributed by atoms with Crippen molar-refractivity contribution < 1.29 is 0 Å². The van der Waals surface area contributed by atoms with E-state index in [1.165, 1.54) is 38.8 Å². The van der Waals surface area contributed by atoms with Crippen molar-refractivity contribution in [3.63, 3.8) is 0 Å². The third kappa shape index (κ3) is 3.48. The number of hydrogen-bond donors (Lipinski definition) is 0. The molecule has 29 heavy (non-hydrogen) atoms. The first kappa shape index (κ1) is 17.8. The van der Waals surface area contributed by atoms with Crippen molar-refractivity contribution in [1.29, 1.82) is 0 Å². The Hall–Kier alpha value is -3.23. The second-order valence-corrected chi connectivity index (χ2v) is 7.95. The molecule has 0 bridgehead atoms. The topological polar surface area (TPSA) is 12.9 Å². The Labute approximate surface area is 178 Å². The molecule has 5 aromatic rings. The number of pyridine rings is 1. The van der Waals surface area contributed by atoms with Gasteiger partial charge in [-0.05, 0) is 63.0 Å². The summed E-state index contributed by atoms with van der Waals surface area (Å²) in [7, 11) is 0. The molecule has 4 aromatic carbocycles. The average molecular weight is 436 g/mol. The smallest absolute Gasteiger partial charge is 0.0352 e. The first-order valence-electron chi connectivity index (χ1n) is 9.58. The molecule has 0 radical (unpaired) electrons. The molecule has 0 N–H and O–H groups in total. The molecule has 0 spiro atoms. The third-order valence-electron chi connectivity index (χ3n) is 5.25. The highest BCUT2D eigenvalue weighted by molar-refractivity contribution is 9.10. The van der Waals surface area contributed by atoms with Crippen molar-refractivity contribution in [2.45, 2.75) is 0 Å². The summed E-state index contributed by atoms with van der Waals surface area (Å²) in [5, 5.41) is 2.38. The second-order valence-electron chi connectivity index (χ2n) is 7.04. The second kappa shape index (κ2) is 7.65. The summed E-state index contributed by atoms with van der Waals surface area (Å²) in [4.78, 5) is 4.42. The maximum Gasteiger partial charge on any atom is 0.0352 e. The Morgan fingerprint density at radius 1 is 0.517 bits per heavy atom. The Morgan fingerprint density at radius 2 is 1.21 bits per heavy atom. The van der Waals surface area contributed by atoms with E-state index in [1.54, 1.807) is 0 Å². The van der Waals surface area contributed by atoms with Crippen molar-refractivity contribution in [2.24, 2.45) is 0 Å². The fourth-order valence-electron chi connectivity index (χ4n) is 3.82. The van der Waals surface area contributed by atoms with E-state index in [4.69, 9.17) is 0 Å². The van der Waals surface area contributed by atoms with Gasteiger partial charge in [-0.2, -0.15) is 0 Å². The zero-order chi connectivity index (χ0) is 19.6. The van der Waals surface area contributed by atoms with Crippen LogP contribution in [0.1, 0.15) is 0 Å². The lowest BCUT2D eigenvalue weighted by atomic mass is 9.92. The fourth-order valence-corrected chi connectivity index (χ4v) is 4.08. The predicted octanol–water partition coefficient (Wildman–Crippen LogP) is 8.00. The molecule has 0 aliphatic carbocycles. The van der Waals surface area contributed by atoms with E-state index in [0.29, 0.717) is 0 Å². The summed E-state index contributed by atoms with van der Waals surface area (Å²) < 4.78 is 1.08. The van der Waals surface area contributed by atoms with Crippen molar-refractivity contribution in [3.8, 4) is 33.4 Å². The van der Waals surface area contributed by atoms with Crippen molar-refractivity contribution in [3.05, 3.63) is 114 Å². The minimum absolute atomic E-state index is 1.08. The monoisotopic (exact) mass is 435 g/mol. The Balaban J connectivity index is 1.68. The molecular weight excluding hydrogens is 418 g/mol. The van der Waals surface area contributed by atoms with E-state index in [-0.39, 0.29) is 0 Å². The van der Waals surface area contributed by atoms with Gasteiger partial charge >= 0.3 is 0 Å². The van der Waals surface area contributed by atoms with Gasteiger partial charge in [-0.15, -0.1) is 0 Å². The van der Waals surface area contributed by atoms with E-state index >= 15 is 0 Å². The van der Waals surface area contributed by atoms with Crippen LogP contribution in [-0.2, 0) is 0 Å². The van der Waals surface area contributed by atoms with E-state index in [1.807, 2.05) is 18.5 Å². The molecule has 0 fully saturated rings. The first-order chi connectivity index (χ1) is 14.3. The molecule has 1 nitrogen and oxygen atoms in total. The fraction of sp³-hybridized carbons (Fsp3) is 0. The summed E-state index contributed by atoms with van der Waals surface area (Å²) >= 11 is 3.53. The normalized spacial score (nSPS) is 10.9. The molecule has 0 saturated heterocycles. The van der Waals surface area contributed by atoms with Gasteiger partial charge in [-0.25, -0.2) is 0 Å². The lowest BCUT2D eigenvalue weighted by Gasteiger charge is -2.13. The van der Waals surface area contributed by atoms with E-state index < -0.39 is 0 Å². The Morgan fingerprint density at radius 3 is 2.00 bits per heavy atom. The Kier molecular flexibility index (Phi) is 4.71. The van der Waals surface area contributed by atoms with Crippen LogP contribution in [0.3, 0.4) is 0 Å². The molecule has 0 saturated carbocycles. The number of aromatic nitrogens is 1. The van der Waals surface area contributed by atoms with E-state index in [2.05, 4.69) is 112 Å². The molecule has 5 rings (SSSR count). The summed E-state index contributed by atoms with van der Waals surface area (Å²) in [6.07, 6.45) is 3.84. The van der Waals surface area contributed by atoms with Gasteiger partial charge in [0.2, 0.25) is 0 Å². The molecule has 138 valence electrons. The lowest BCUT2D eigenvalue weighted by Crippen LogP contribution is -1.88. The van der Waals surface area contributed by atoms with Crippen molar-refractivity contribution in [1.82, 2.24) is 4.98 Å². The number of nitrogens with zero attached hydrogens (tertiary/aromatic N) is 1. The van der Waals surface area contributed by atoms with Gasteiger partial charge in [0, 0.05) is 22.3 Å². The van der Waals surface area contributed by atoms with Gasteiger partial charge in [0.1, 0.15) is 0 Å². The molecule has 0 aliphatic rings. The number of benzene rings is 4.